The lowest BCUT2D eigenvalue weighted by Gasteiger charge is -2.11. The summed E-state index contributed by atoms with van der Waals surface area (Å²) in [5, 5.41) is 0. The Labute approximate surface area is 117 Å². The van der Waals surface area contributed by atoms with Crippen molar-refractivity contribution in [1.29, 1.82) is 0 Å². The number of nitrogens with zero attached hydrogens (tertiary/aromatic N) is 1. The highest BCUT2D eigenvalue weighted by atomic mass is 19.4. The highest BCUT2D eigenvalue weighted by molar-refractivity contribution is 5.23. The van der Waals surface area contributed by atoms with E-state index in [4.69, 9.17) is 4.74 Å². The number of para-hydroxylation sites is 1. The summed E-state index contributed by atoms with van der Waals surface area (Å²) in [4.78, 5) is 11.5. The molecule has 0 N–H and O–H groups in total. The zero-order valence-corrected chi connectivity index (χ0v) is 10.7. The predicted molar refractivity (Wildman–Crippen MR) is 67.6 cm³/mol. The molecule has 0 aliphatic heterocycles. The van der Waals surface area contributed by atoms with Gasteiger partial charge >= 0.3 is 6.18 Å². The van der Waals surface area contributed by atoms with E-state index in [1.807, 2.05) is 0 Å². The second-order valence-electron chi connectivity index (χ2n) is 4.23. The van der Waals surface area contributed by atoms with Crippen molar-refractivity contribution in [1.82, 2.24) is 4.57 Å². The largest absolute Gasteiger partial charge is 0.489 e. The van der Waals surface area contributed by atoms with Gasteiger partial charge in [-0.05, 0) is 18.2 Å². The first kappa shape index (κ1) is 15.1. The van der Waals surface area contributed by atoms with E-state index in [0.717, 1.165) is 16.7 Å². The smallest absolute Gasteiger partial charge is 0.417 e. The number of ether oxygens (including phenoxy) is 1. The molecule has 0 amide bonds. The average molecular weight is 301 g/mol. The van der Waals surface area contributed by atoms with Crippen LogP contribution in [0.5, 0.6) is 5.75 Å². The van der Waals surface area contributed by atoms with E-state index in [2.05, 4.69) is 0 Å². The number of benzene rings is 1. The molecule has 0 radical (unpaired) electrons. The van der Waals surface area contributed by atoms with Crippen molar-refractivity contribution in [2.75, 3.05) is 6.61 Å². The van der Waals surface area contributed by atoms with Crippen LogP contribution in [-0.4, -0.2) is 11.2 Å². The summed E-state index contributed by atoms with van der Waals surface area (Å²) in [6, 6.07) is 7.20. The number of rotatable bonds is 4. The molecule has 0 bridgehead atoms. The normalized spacial score (nSPS) is 11.4. The van der Waals surface area contributed by atoms with E-state index < -0.39 is 23.1 Å². The maximum atomic E-state index is 13.3. The third-order valence-corrected chi connectivity index (χ3v) is 2.74. The van der Waals surface area contributed by atoms with Crippen LogP contribution in [0.2, 0.25) is 0 Å². The van der Waals surface area contributed by atoms with Crippen LogP contribution < -0.4 is 10.3 Å². The summed E-state index contributed by atoms with van der Waals surface area (Å²) in [7, 11) is 0. The SMILES string of the molecule is O=c1ccc(C(F)(F)F)cn1CCOc1ccccc1F. The van der Waals surface area contributed by atoms with Crippen LogP contribution in [0.3, 0.4) is 0 Å². The van der Waals surface area contributed by atoms with Crippen LogP contribution in [0.4, 0.5) is 17.6 Å². The second-order valence-corrected chi connectivity index (χ2v) is 4.23. The van der Waals surface area contributed by atoms with Crippen LogP contribution in [0.25, 0.3) is 0 Å². The maximum absolute atomic E-state index is 13.3. The molecule has 0 aliphatic carbocycles. The molecule has 0 aliphatic rings. The quantitative estimate of drug-likeness (QED) is 0.813. The van der Waals surface area contributed by atoms with Gasteiger partial charge in [-0.1, -0.05) is 12.1 Å². The summed E-state index contributed by atoms with van der Waals surface area (Å²) in [6.07, 6.45) is -3.81. The molecule has 112 valence electrons. The Kier molecular flexibility index (Phi) is 4.30. The van der Waals surface area contributed by atoms with Crippen molar-refractivity contribution < 1.29 is 22.3 Å². The van der Waals surface area contributed by atoms with Crippen LogP contribution in [0.15, 0.2) is 47.4 Å². The van der Waals surface area contributed by atoms with Gasteiger partial charge in [0.1, 0.15) is 6.61 Å². The van der Waals surface area contributed by atoms with Gasteiger partial charge in [0.15, 0.2) is 11.6 Å². The van der Waals surface area contributed by atoms with Gasteiger partial charge in [0, 0.05) is 12.3 Å². The number of aromatic nitrogens is 1. The van der Waals surface area contributed by atoms with E-state index >= 15 is 0 Å². The van der Waals surface area contributed by atoms with E-state index in [1.54, 1.807) is 6.07 Å². The molecule has 7 heteroatoms. The third kappa shape index (κ3) is 3.84. The van der Waals surface area contributed by atoms with Crippen molar-refractivity contribution in [3.05, 3.63) is 64.3 Å². The summed E-state index contributed by atoms with van der Waals surface area (Å²) in [5.74, 6) is -0.591. The van der Waals surface area contributed by atoms with Crippen molar-refractivity contribution in [2.24, 2.45) is 0 Å². The number of hydrogen-bond acceptors (Lipinski definition) is 2. The molecular weight excluding hydrogens is 290 g/mol. The molecule has 2 rings (SSSR count). The molecule has 0 fully saturated rings. The minimum Gasteiger partial charge on any atom is -0.489 e. The fourth-order valence-corrected chi connectivity index (χ4v) is 1.69. The number of pyridine rings is 1. The molecule has 0 unspecified atom stereocenters. The zero-order valence-electron chi connectivity index (χ0n) is 10.7. The van der Waals surface area contributed by atoms with Gasteiger partial charge in [-0.2, -0.15) is 13.2 Å². The highest BCUT2D eigenvalue weighted by Crippen LogP contribution is 2.28. The lowest BCUT2D eigenvalue weighted by Crippen LogP contribution is -2.24. The summed E-state index contributed by atoms with van der Waals surface area (Å²) in [6.45, 7) is -0.237. The Balaban J connectivity index is 2.07. The zero-order chi connectivity index (χ0) is 15.5. The van der Waals surface area contributed by atoms with Crippen LogP contribution in [0.1, 0.15) is 5.56 Å². The lowest BCUT2D eigenvalue weighted by atomic mass is 10.3. The molecule has 0 saturated carbocycles. The number of alkyl halides is 3. The Morgan fingerprint density at radius 2 is 1.81 bits per heavy atom. The molecule has 0 atom stereocenters. The number of halogens is 4. The summed E-state index contributed by atoms with van der Waals surface area (Å²) < 4.78 is 56.9. The van der Waals surface area contributed by atoms with E-state index in [9.17, 15) is 22.4 Å². The molecular formula is C14H11F4NO2. The van der Waals surface area contributed by atoms with E-state index in [-0.39, 0.29) is 18.9 Å². The van der Waals surface area contributed by atoms with E-state index in [0.29, 0.717) is 6.20 Å². The Hall–Kier alpha value is -2.31. The number of hydrogen-bond donors (Lipinski definition) is 0. The predicted octanol–water partition coefficient (Wildman–Crippen LogP) is 3.09. The standard InChI is InChI=1S/C14H11F4NO2/c15-11-3-1-2-4-12(11)21-8-7-19-9-10(14(16,17)18)5-6-13(19)20/h1-6,9H,7-8H2. The molecule has 3 nitrogen and oxygen atoms in total. The first-order valence-corrected chi connectivity index (χ1v) is 6.03. The van der Waals surface area contributed by atoms with Gasteiger partial charge in [0.2, 0.25) is 0 Å². The van der Waals surface area contributed by atoms with Crippen LogP contribution in [-0.2, 0) is 12.7 Å². The maximum Gasteiger partial charge on any atom is 0.417 e. The molecule has 21 heavy (non-hydrogen) atoms. The van der Waals surface area contributed by atoms with Crippen molar-refractivity contribution in [3.8, 4) is 5.75 Å². The van der Waals surface area contributed by atoms with Gasteiger partial charge in [-0.15, -0.1) is 0 Å². The van der Waals surface area contributed by atoms with Gasteiger partial charge < -0.3 is 9.30 Å². The molecule has 0 saturated heterocycles. The van der Waals surface area contributed by atoms with Crippen molar-refractivity contribution in [2.45, 2.75) is 12.7 Å². The fourth-order valence-electron chi connectivity index (χ4n) is 1.69. The second kappa shape index (κ2) is 5.99. The Morgan fingerprint density at radius 3 is 2.48 bits per heavy atom. The third-order valence-electron chi connectivity index (χ3n) is 2.74. The molecule has 2 aromatic rings. The van der Waals surface area contributed by atoms with Gasteiger partial charge in [-0.3, -0.25) is 4.79 Å². The Bertz CT molecular complexity index is 679. The van der Waals surface area contributed by atoms with Gasteiger partial charge in [0.25, 0.3) is 5.56 Å². The minimum absolute atomic E-state index is 0.0162. The molecule has 1 aromatic carbocycles. The average Bonchev–Trinajstić information content (AvgIpc) is 2.41. The van der Waals surface area contributed by atoms with Crippen LogP contribution in [0, 0.1) is 5.82 Å². The molecule has 1 heterocycles. The van der Waals surface area contributed by atoms with E-state index in [1.165, 1.54) is 18.2 Å². The van der Waals surface area contributed by atoms with Crippen molar-refractivity contribution in [3.63, 3.8) is 0 Å². The van der Waals surface area contributed by atoms with Gasteiger partial charge in [-0.25, -0.2) is 4.39 Å². The highest BCUT2D eigenvalue weighted by Gasteiger charge is 2.30. The molecule has 0 spiro atoms. The minimum atomic E-state index is -4.53. The van der Waals surface area contributed by atoms with Gasteiger partial charge in [0.05, 0.1) is 12.1 Å². The monoisotopic (exact) mass is 301 g/mol. The van der Waals surface area contributed by atoms with Crippen LogP contribution >= 0.6 is 0 Å². The van der Waals surface area contributed by atoms with Crippen molar-refractivity contribution >= 4 is 0 Å². The Morgan fingerprint density at radius 1 is 1.10 bits per heavy atom. The first-order chi connectivity index (χ1) is 9.88. The first-order valence-electron chi connectivity index (χ1n) is 6.03. The lowest BCUT2D eigenvalue weighted by molar-refractivity contribution is -0.138. The summed E-state index contributed by atoms with van der Waals surface area (Å²) >= 11 is 0. The summed E-state index contributed by atoms with van der Waals surface area (Å²) in [5.41, 5.74) is -1.51. The topological polar surface area (TPSA) is 31.2 Å². The molecule has 1 aromatic heterocycles. The fraction of sp³-hybridized carbons (Fsp3) is 0.214.